The monoisotopic (exact) mass is 521 g/mol. The molecule has 7 atom stereocenters. The Balaban J connectivity index is 1.67. The maximum Gasteiger partial charge on any atom is 0.246 e. The van der Waals surface area contributed by atoms with Crippen LogP contribution in [0, 0.1) is 11.8 Å². The number of halogens is 1. The third-order valence-corrected chi connectivity index (χ3v) is 7.94. The van der Waals surface area contributed by atoms with Gasteiger partial charge in [-0.1, -0.05) is 53.2 Å². The van der Waals surface area contributed by atoms with E-state index in [-0.39, 0.29) is 35.2 Å². The molecule has 180 valence electrons. The highest BCUT2D eigenvalue weighted by Gasteiger charge is 2.76. The van der Waals surface area contributed by atoms with E-state index in [1.807, 2.05) is 51.1 Å². The topological polar surface area (TPSA) is 108 Å². The third kappa shape index (κ3) is 3.98. The first-order chi connectivity index (χ1) is 15.7. The van der Waals surface area contributed by atoms with Gasteiger partial charge in [-0.2, -0.15) is 0 Å². The number of benzene rings is 1. The SMILES string of the molecule is CC[C@@H](CO)N1C(=O)[C@@H]2[C@@H](C(=O)NCc3ccccc3)[C@@H]3OC2(CC3Br)C1C(=O)NC(C)C. The van der Waals surface area contributed by atoms with Gasteiger partial charge in [-0.25, -0.2) is 0 Å². The molecule has 3 fully saturated rings. The van der Waals surface area contributed by atoms with Crippen molar-refractivity contribution in [2.75, 3.05) is 6.61 Å². The molecule has 8 nitrogen and oxygen atoms in total. The van der Waals surface area contributed by atoms with Crippen LogP contribution >= 0.6 is 15.9 Å². The number of hydrogen-bond acceptors (Lipinski definition) is 5. The Morgan fingerprint density at radius 1 is 1.27 bits per heavy atom. The van der Waals surface area contributed by atoms with Crippen molar-refractivity contribution in [3.63, 3.8) is 0 Å². The van der Waals surface area contributed by atoms with Gasteiger partial charge in [0.1, 0.15) is 11.6 Å². The number of aliphatic hydroxyl groups is 1. The highest BCUT2D eigenvalue weighted by atomic mass is 79.9. The molecule has 1 aromatic rings. The molecule has 4 rings (SSSR count). The van der Waals surface area contributed by atoms with Crippen LogP contribution in [0.2, 0.25) is 0 Å². The van der Waals surface area contributed by atoms with Crippen LogP contribution in [-0.4, -0.2) is 69.0 Å². The fourth-order valence-electron chi connectivity index (χ4n) is 5.74. The molecule has 3 unspecified atom stereocenters. The number of hydrogen-bond donors (Lipinski definition) is 3. The molecule has 33 heavy (non-hydrogen) atoms. The lowest BCUT2D eigenvalue weighted by Crippen LogP contribution is -2.59. The molecule has 1 spiro atoms. The zero-order valence-corrected chi connectivity index (χ0v) is 20.7. The Morgan fingerprint density at radius 3 is 2.58 bits per heavy atom. The van der Waals surface area contributed by atoms with Gasteiger partial charge < -0.3 is 25.4 Å². The van der Waals surface area contributed by atoms with Crippen LogP contribution < -0.4 is 10.6 Å². The first-order valence-electron chi connectivity index (χ1n) is 11.6. The first-order valence-corrected chi connectivity index (χ1v) is 12.5. The fraction of sp³-hybridized carbons (Fsp3) is 0.625. The van der Waals surface area contributed by atoms with E-state index in [9.17, 15) is 19.5 Å². The van der Waals surface area contributed by atoms with Gasteiger partial charge in [-0.3, -0.25) is 14.4 Å². The molecule has 0 aliphatic carbocycles. The van der Waals surface area contributed by atoms with Crippen LogP contribution in [0.1, 0.15) is 39.2 Å². The number of nitrogens with zero attached hydrogens (tertiary/aromatic N) is 1. The van der Waals surface area contributed by atoms with E-state index in [0.29, 0.717) is 19.4 Å². The Labute approximate surface area is 202 Å². The van der Waals surface area contributed by atoms with E-state index in [4.69, 9.17) is 4.74 Å². The van der Waals surface area contributed by atoms with Crippen LogP contribution in [0.5, 0.6) is 0 Å². The number of nitrogens with one attached hydrogen (secondary N) is 2. The lowest BCUT2D eigenvalue weighted by atomic mass is 9.70. The minimum atomic E-state index is -1.10. The molecule has 3 heterocycles. The van der Waals surface area contributed by atoms with Gasteiger partial charge in [0, 0.05) is 17.4 Å². The highest BCUT2D eigenvalue weighted by molar-refractivity contribution is 9.09. The summed E-state index contributed by atoms with van der Waals surface area (Å²) in [6.07, 6.45) is 0.439. The molecule has 1 aromatic carbocycles. The van der Waals surface area contributed by atoms with Crippen molar-refractivity contribution in [1.82, 2.24) is 15.5 Å². The van der Waals surface area contributed by atoms with Gasteiger partial charge in [-0.05, 0) is 32.3 Å². The summed E-state index contributed by atoms with van der Waals surface area (Å²) in [5.74, 6) is -2.33. The average Bonchev–Trinajstić information content (AvgIpc) is 3.37. The van der Waals surface area contributed by atoms with Crippen LogP contribution in [0.3, 0.4) is 0 Å². The second-order valence-corrected chi connectivity index (χ2v) is 10.7. The molecule has 3 amide bonds. The molecular weight excluding hydrogens is 490 g/mol. The van der Waals surface area contributed by atoms with Gasteiger partial charge in [0.15, 0.2) is 0 Å². The predicted octanol–water partition coefficient (Wildman–Crippen LogP) is 1.35. The summed E-state index contributed by atoms with van der Waals surface area (Å²) in [5, 5.41) is 15.9. The Morgan fingerprint density at radius 2 is 1.97 bits per heavy atom. The highest BCUT2D eigenvalue weighted by Crippen LogP contribution is 2.60. The molecule has 0 saturated carbocycles. The van der Waals surface area contributed by atoms with Gasteiger partial charge in [-0.15, -0.1) is 0 Å². The molecule has 0 radical (unpaired) electrons. The van der Waals surface area contributed by atoms with Gasteiger partial charge in [0.2, 0.25) is 17.7 Å². The summed E-state index contributed by atoms with van der Waals surface area (Å²) in [6.45, 7) is 5.67. The van der Waals surface area contributed by atoms with E-state index < -0.39 is 35.6 Å². The van der Waals surface area contributed by atoms with Crippen molar-refractivity contribution in [3.05, 3.63) is 35.9 Å². The number of rotatable bonds is 8. The summed E-state index contributed by atoms with van der Waals surface area (Å²) in [5.41, 5.74) is -0.147. The zero-order chi connectivity index (χ0) is 23.9. The zero-order valence-electron chi connectivity index (χ0n) is 19.2. The summed E-state index contributed by atoms with van der Waals surface area (Å²) in [6, 6.07) is 8.03. The van der Waals surface area contributed by atoms with Crippen molar-refractivity contribution in [2.45, 2.75) is 74.8 Å². The minimum Gasteiger partial charge on any atom is -0.394 e. The third-order valence-electron chi connectivity index (χ3n) is 7.09. The van der Waals surface area contributed by atoms with Crippen LogP contribution in [0.4, 0.5) is 0 Å². The Hall–Kier alpha value is -1.97. The van der Waals surface area contributed by atoms with Crippen LogP contribution in [-0.2, 0) is 25.7 Å². The molecule has 3 aliphatic heterocycles. The van der Waals surface area contributed by atoms with E-state index in [1.165, 1.54) is 4.90 Å². The maximum absolute atomic E-state index is 13.8. The van der Waals surface area contributed by atoms with Crippen molar-refractivity contribution in [2.24, 2.45) is 11.8 Å². The Kier molecular flexibility index (Phi) is 6.85. The number of amides is 3. The van der Waals surface area contributed by atoms with Crippen molar-refractivity contribution in [3.8, 4) is 0 Å². The molecule has 3 saturated heterocycles. The Bertz CT molecular complexity index is 909. The van der Waals surface area contributed by atoms with Gasteiger partial charge >= 0.3 is 0 Å². The summed E-state index contributed by atoms with van der Waals surface area (Å²) >= 11 is 3.65. The fourth-order valence-corrected chi connectivity index (χ4v) is 6.68. The number of fused-ring (bicyclic) bond motifs is 1. The lowest BCUT2D eigenvalue weighted by molar-refractivity contribution is -0.145. The van der Waals surface area contributed by atoms with Crippen LogP contribution in [0.15, 0.2) is 30.3 Å². The molecule has 3 N–H and O–H groups in total. The van der Waals surface area contributed by atoms with E-state index in [1.54, 1.807) is 0 Å². The standard InChI is InChI=1S/C24H32BrN3O5/c1-4-15(12-29)28-20(22(31)27-13(2)3)24-10-16(25)19(33-24)17(18(24)23(28)32)21(30)26-11-14-8-6-5-7-9-14/h5-9,13,15-20,29H,4,10-12H2,1-3H3,(H,26,30)(H,27,31)/t15-,16?,17+,18-,19+,20?,24?/m0/s1. The molecule has 9 heteroatoms. The van der Waals surface area contributed by atoms with Gasteiger partial charge in [0.25, 0.3) is 0 Å². The smallest absolute Gasteiger partial charge is 0.246 e. The summed E-state index contributed by atoms with van der Waals surface area (Å²) < 4.78 is 6.42. The maximum atomic E-state index is 13.8. The molecule has 0 aromatic heterocycles. The van der Waals surface area contributed by atoms with E-state index in [0.717, 1.165) is 5.56 Å². The summed E-state index contributed by atoms with van der Waals surface area (Å²) in [4.78, 5) is 41.9. The molecule has 3 aliphatic rings. The second kappa shape index (κ2) is 9.35. The number of carbonyl (C=O) groups excluding carboxylic acids is 3. The van der Waals surface area contributed by atoms with Crippen molar-refractivity contribution >= 4 is 33.7 Å². The summed E-state index contributed by atoms with van der Waals surface area (Å²) in [7, 11) is 0. The number of alkyl halides is 1. The van der Waals surface area contributed by atoms with Crippen molar-refractivity contribution in [1.29, 1.82) is 0 Å². The van der Waals surface area contributed by atoms with Crippen LogP contribution in [0.25, 0.3) is 0 Å². The number of likely N-dealkylation sites (tertiary alicyclic amines) is 1. The van der Waals surface area contributed by atoms with Crippen molar-refractivity contribution < 1.29 is 24.2 Å². The van der Waals surface area contributed by atoms with E-state index in [2.05, 4.69) is 26.6 Å². The van der Waals surface area contributed by atoms with Gasteiger partial charge in [0.05, 0.1) is 30.6 Å². The lowest BCUT2D eigenvalue weighted by Gasteiger charge is -2.37. The molecular formula is C24H32BrN3O5. The quantitative estimate of drug-likeness (QED) is 0.447. The molecule has 2 bridgehead atoms. The average molecular weight is 522 g/mol. The number of aliphatic hydroxyl groups excluding tert-OH is 1. The minimum absolute atomic E-state index is 0.123. The second-order valence-electron chi connectivity index (χ2n) is 9.52. The first kappa shape index (κ1) is 24.2. The number of ether oxygens (including phenoxy) is 1. The normalized spacial score (nSPS) is 33.3. The van der Waals surface area contributed by atoms with E-state index >= 15 is 0 Å². The number of carbonyl (C=O) groups is 3. The largest absolute Gasteiger partial charge is 0.394 e. The predicted molar refractivity (Wildman–Crippen MR) is 125 cm³/mol.